The molecule has 10 nitrogen and oxygen atoms in total. The minimum absolute atomic E-state index is 0.129. The molecule has 5 aliphatic rings. The van der Waals surface area contributed by atoms with E-state index in [0.717, 1.165) is 94.7 Å². The fourth-order valence-corrected chi connectivity index (χ4v) is 9.58. The normalized spacial score (nSPS) is 20.9. The van der Waals surface area contributed by atoms with Crippen LogP contribution in [-0.4, -0.2) is 89.6 Å². The number of piperidine rings is 2. The molecule has 3 amide bonds. The highest BCUT2D eigenvalue weighted by atomic mass is 16.3. The predicted octanol–water partition coefficient (Wildman–Crippen LogP) is 6.19. The fourth-order valence-electron chi connectivity index (χ4n) is 9.58. The van der Waals surface area contributed by atoms with Gasteiger partial charge in [-0.25, -0.2) is 0 Å². The lowest BCUT2D eigenvalue weighted by atomic mass is 9.87. The number of nitrogens with zero attached hydrogens (tertiary/aromatic N) is 4. The molecule has 0 bridgehead atoms. The molecule has 288 valence electrons. The van der Waals surface area contributed by atoms with Crippen LogP contribution in [0.4, 0.5) is 11.4 Å². The smallest absolute Gasteiger partial charge is 0.255 e. The number of fused-ring (bicyclic) bond motifs is 2. The Morgan fingerprint density at radius 3 is 2.05 bits per heavy atom. The second-order valence-electron chi connectivity index (χ2n) is 16.1. The Kier molecular flexibility index (Phi) is 9.75. The van der Waals surface area contributed by atoms with Gasteiger partial charge in [-0.05, 0) is 138 Å². The quantitative estimate of drug-likeness (QED) is 0.192. The van der Waals surface area contributed by atoms with Crippen LogP contribution in [0.3, 0.4) is 0 Å². The van der Waals surface area contributed by atoms with Crippen LogP contribution < -0.4 is 15.1 Å². The van der Waals surface area contributed by atoms with Crippen LogP contribution in [0.2, 0.25) is 0 Å². The largest absolute Gasteiger partial charge is 0.508 e. The zero-order valence-corrected chi connectivity index (χ0v) is 31.8. The molecule has 0 aromatic heterocycles. The zero-order valence-electron chi connectivity index (χ0n) is 31.8. The van der Waals surface area contributed by atoms with E-state index in [0.29, 0.717) is 30.2 Å². The standard InChI is InChI=1S/C46H49N5O5/c52-37-11-6-31(7-12-37)39-3-1-2-33-27-38(53)13-15-40(33)44(39)32-4-8-35(9-5-32)49-20-18-30(19-21-49)28-48-22-24-50(25-23-48)36-10-14-41-34(26-36)29-51(46(41)56)42-16-17-43(54)47-45(42)55/h4-15,26-27,30,42,52-53H,1-3,16-25,28-29H2,(H,47,54,55)/t42-/m1/s1. The molecule has 4 aliphatic heterocycles. The first kappa shape index (κ1) is 36.1. The van der Waals surface area contributed by atoms with E-state index in [2.05, 4.69) is 56.4 Å². The molecule has 3 saturated heterocycles. The van der Waals surface area contributed by atoms with Gasteiger partial charge in [-0.3, -0.25) is 24.6 Å². The molecule has 0 radical (unpaired) electrons. The van der Waals surface area contributed by atoms with Gasteiger partial charge in [0.15, 0.2) is 0 Å². The molecule has 4 heterocycles. The molecule has 0 unspecified atom stereocenters. The Bertz CT molecular complexity index is 2180. The van der Waals surface area contributed by atoms with Crippen molar-refractivity contribution in [2.24, 2.45) is 5.92 Å². The predicted molar refractivity (Wildman–Crippen MR) is 218 cm³/mol. The number of hydrogen-bond acceptors (Lipinski definition) is 8. The second-order valence-corrected chi connectivity index (χ2v) is 16.1. The number of rotatable bonds is 7. The third-order valence-electron chi connectivity index (χ3n) is 12.6. The van der Waals surface area contributed by atoms with E-state index >= 15 is 0 Å². The first-order chi connectivity index (χ1) is 27.3. The molecule has 3 fully saturated rings. The lowest BCUT2D eigenvalue weighted by molar-refractivity contribution is -0.136. The molecule has 10 heteroatoms. The lowest BCUT2D eigenvalue weighted by Crippen LogP contribution is -2.52. The Balaban J connectivity index is 0.802. The first-order valence-corrected chi connectivity index (χ1v) is 20.2. The van der Waals surface area contributed by atoms with Crippen LogP contribution in [-0.2, 0) is 22.6 Å². The number of anilines is 2. The van der Waals surface area contributed by atoms with E-state index in [1.165, 1.54) is 33.5 Å². The van der Waals surface area contributed by atoms with E-state index in [-0.39, 0.29) is 29.9 Å². The molecular formula is C46H49N5O5. The number of hydrogen-bond donors (Lipinski definition) is 3. The second kappa shape index (κ2) is 15.1. The maximum Gasteiger partial charge on any atom is 0.255 e. The van der Waals surface area contributed by atoms with E-state index in [4.69, 9.17) is 0 Å². The number of piperazine rings is 1. The highest BCUT2D eigenvalue weighted by Gasteiger charge is 2.39. The maximum absolute atomic E-state index is 13.2. The van der Waals surface area contributed by atoms with Crippen molar-refractivity contribution >= 4 is 40.2 Å². The molecular weight excluding hydrogens is 703 g/mol. The van der Waals surface area contributed by atoms with Crippen LogP contribution in [0.5, 0.6) is 11.5 Å². The SMILES string of the molecule is O=C1CC[C@@H](N2Cc3cc(N4CCN(CC5CCN(c6ccc(C7=C(c8ccc(O)cc8)CCCc8cc(O)ccc87)cc6)CC5)CC4)ccc3C2=O)C(=O)N1. The fraction of sp³-hybridized carbons (Fsp3) is 0.370. The Morgan fingerprint density at radius 2 is 1.30 bits per heavy atom. The number of phenolic OH excluding ortho intramolecular Hbond substituents is 2. The molecule has 1 aliphatic carbocycles. The summed E-state index contributed by atoms with van der Waals surface area (Å²) in [7, 11) is 0. The molecule has 0 spiro atoms. The number of nitrogens with one attached hydrogen (secondary N) is 1. The lowest BCUT2D eigenvalue weighted by Gasteiger charge is -2.40. The molecule has 56 heavy (non-hydrogen) atoms. The zero-order chi connectivity index (χ0) is 38.3. The van der Waals surface area contributed by atoms with Gasteiger partial charge < -0.3 is 24.9 Å². The van der Waals surface area contributed by atoms with E-state index < -0.39 is 6.04 Å². The summed E-state index contributed by atoms with van der Waals surface area (Å²) in [5, 5.41) is 22.7. The van der Waals surface area contributed by atoms with Gasteiger partial charge in [0.25, 0.3) is 5.91 Å². The minimum atomic E-state index is -0.594. The monoisotopic (exact) mass is 751 g/mol. The number of phenols is 2. The summed E-state index contributed by atoms with van der Waals surface area (Å²) in [4.78, 5) is 46.4. The van der Waals surface area contributed by atoms with Gasteiger partial charge in [0, 0.05) is 75.7 Å². The average Bonchev–Trinajstić information content (AvgIpc) is 3.41. The Labute approximate surface area is 328 Å². The summed E-state index contributed by atoms with van der Waals surface area (Å²) in [6, 6.07) is 27.8. The summed E-state index contributed by atoms with van der Waals surface area (Å²) in [5.74, 6) is 0.452. The molecule has 4 aromatic rings. The van der Waals surface area contributed by atoms with Gasteiger partial charge in [-0.1, -0.05) is 30.3 Å². The van der Waals surface area contributed by atoms with Gasteiger partial charge in [-0.15, -0.1) is 0 Å². The molecule has 9 rings (SSSR count). The topological polar surface area (TPSA) is 117 Å². The average molecular weight is 752 g/mol. The molecule has 1 atom stereocenters. The summed E-state index contributed by atoms with van der Waals surface area (Å²) >= 11 is 0. The van der Waals surface area contributed by atoms with Crippen molar-refractivity contribution in [3.8, 4) is 11.5 Å². The van der Waals surface area contributed by atoms with Crippen molar-refractivity contribution in [1.82, 2.24) is 15.1 Å². The first-order valence-electron chi connectivity index (χ1n) is 20.2. The van der Waals surface area contributed by atoms with Gasteiger partial charge in [0.05, 0.1) is 0 Å². The third kappa shape index (κ3) is 7.14. The van der Waals surface area contributed by atoms with Crippen molar-refractivity contribution in [1.29, 1.82) is 0 Å². The van der Waals surface area contributed by atoms with Crippen molar-refractivity contribution in [3.05, 3.63) is 118 Å². The minimum Gasteiger partial charge on any atom is -0.508 e. The van der Waals surface area contributed by atoms with Crippen LogP contribution >= 0.6 is 0 Å². The van der Waals surface area contributed by atoms with Crippen molar-refractivity contribution in [2.75, 3.05) is 55.6 Å². The number of carbonyl (C=O) groups excluding carboxylic acids is 3. The Morgan fingerprint density at radius 1 is 0.625 bits per heavy atom. The summed E-state index contributed by atoms with van der Waals surface area (Å²) in [6.45, 7) is 7.47. The summed E-state index contributed by atoms with van der Waals surface area (Å²) < 4.78 is 0. The molecule has 4 aromatic carbocycles. The van der Waals surface area contributed by atoms with E-state index in [1.807, 2.05) is 30.3 Å². The summed E-state index contributed by atoms with van der Waals surface area (Å²) in [5.41, 5.74) is 11.1. The number of benzene rings is 4. The molecule has 0 saturated carbocycles. The number of aryl methyl sites for hydroxylation is 1. The van der Waals surface area contributed by atoms with Gasteiger partial charge in [0.2, 0.25) is 11.8 Å². The number of allylic oxidation sites excluding steroid dienone is 1. The van der Waals surface area contributed by atoms with Crippen molar-refractivity contribution < 1.29 is 24.6 Å². The van der Waals surface area contributed by atoms with Crippen LogP contribution in [0.15, 0.2) is 84.9 Å². The van der Waals surface area contributed by atoms with Crippen molar-refractivity contribution in [2.45, 2.75) is 57.5 Å². The van der Waals surface area contributed by atoms with E-state index in [1.54, 1.807) is 23.1 Å². The third-order valence-corrected chi connectivity index (χ3v) is 12.6. The van der Waals surface area contributed by atoms with Crippen LogP contribution in [0.1, 0.15) is 76.7 Å². The van der Waals surface area contributed by atoms with E-state index in [9.17, 15) is 24.6 Å². The molecule has 3 N–H and O–H groups in total. The van der Waals surface area contributed by atoms with Gasteiger partial charge >= 0.3 is 0 Å². The number of aromatic hydroxyl groups is 2. The highest BCUT2D eigenvalue weighted by molar-refractivity contribution is 6.05. The summed E-state index contributed by atoms with van der Waals surface area (Å²) in [6.07, 6.45) is 5.78. The number of carbonyl (C=O) groups is 3. The van der Waals surface area contributed by atoms with Crippen LogP contribution in [0.25, 0.3) is 11.1 Å². The van der Waals surface area contributed by atoms with Gasteiger partial charge in [0.1, 0.15) is 17.5 Å². The maximum atomic E-state index is 13.2. The van der Waals surface area contributed by atoms with Gasteiger partial charge in [-0.2, -0.15) is 0 Å². The highest BCUT2D eigenvalue weighted by Crippen LogP contribution is 2.41. The Hall–Kier alpha value is -5.61. The van der Waals surface area contributed by atoms with Crippen LogP contribution in [0, 0.1) is 5.92 Å². The number of amides is 3. The van der Waals surface area contributed by atoms with Crippen molar-refractivity contribution in [3.63, 3.8) is 0 Å². The number of imide groups is 1.